The molecule has 0 unspecified atom stereocenters. The van der Waals surface area contributed by atoms with Crippen LogP contribution in [0.2, 0.25) is 5.02 Å². The van der Waals surface area contributed by atoms with Crippen molar-refractivity contribution in [3.05, 3.63) is 100 Å². The molecule has 4 amide bonds. The zero-order chi connectivity index (χ0) is 22.7. The van der Waals surface area contributed by atoms with E-state index in [2.05, 4.69) is 5.32 Å². The third kappa shape index (κ3) is 4.71. The normalized spacial score (nSPS) is 15.1. The second kappa shape index (κ2) is 9.08. The predicted octanol–water partition coefficient (Wildman–Crippen LogP) is 4.89. The van der Waals surface area contributed by atoms with Gasteiger partial charge in [-0.1, -0.05) is 53.6 Å². The van der Waals surface area contributed by atoms with Gasteiger partial charge in [-0.25, -0.2) is 9.69 Å². The number of halogens is 1. The van der Waals surface area contributed by atoms with E-state index in [1.165, 1.54) is 23.8 Å². The number of anilines is 1. The lowest BCUT2D eigenvalue weighted by atomic mass is 10.1. The van der Waals surface area contributed by atoms with Crippen molar-refractivity contribution in [1.29, 1.82) is 0 Å². The van der Waals surface area contributed by atoms with Gasteiger partial charge in [-0.3, -0.25) is 14.9 Å². The molecule has 3 aromatic rings. The number of hydrogen-bond donors (Lipinski definition) is 1. The Bertz CT molecular complexity index is 1200. The second-order valence-electron chi connectivity index (χ2n) is 7.28. The van der Waals surface area contributed by atoms with E-state index >= 15 is 0 Å². The van der Waals surface area contributed by atoms with Gasteiger partial charge in [0.1, 0.15) is 17.9 Å². The van der Waals surface area contributed by atoms with E-state index in [4.69, 9.17) is 16.3 Å². The molecule has 0 saturated carbocycles. The fourth-order valence-corrected chi connectivity index (χ4v) is 3.29. The van der Waals surface area contributed by atoms with E-state index < -0.39 is 17.8 Å². The average molecular weight is 447 g/mol. The summed E-state index contributed by atoms with van der Waals surface area (Å²) in [5.41, 5.74) is 3.03. The van der Waals surface area contributed by atoms with Gasteiger partial charge in [-0.15, -0.1) is 0 Å². The van der Waals surface area contributed by atoms with E-state index in [0.717, 1.165) is 10.5 Å². The summed E-state index contributed by atoms with van der Waals surface area (Å²) in [7, 11) is 0. The largest absolute Gasteiger partial charge is 0.489 e. The summed E-state index contributed by atoms with van der Waals surface area (Å²) in [5, 5.41) is 2.67. The molecule has 0 spiro atoms. The van der Waals surface area contributed by atoms with Crippen molar-refractivity contribution >= 4 is 41.2 Å². The third-order valence-electron chi connectivity index (χ3n) is 4.90. The van der Waals surface area contributed by atoms with Crippen molar-refractivity contribution in [2.45, 2.75) is 13.5 Å². The molecule has 0 aromatic heterocycles. The zero-order valence-corrected chi connectivity index (χ0v) is 17.9. The topological polar surface area (TPSA) is 75.7 Å². The lowest BCUT2D eigenvalue weighted by Gasteiger charge is -2.26. The number of urea groups is 1. The Balaban J connectivity index is 1.50. The number of rotatable bonds is 5. The molecule has 32 heavy (non-hydrogen) atoms. The third-order valence-corrected chi connectivity index (χ3v) is 5.16. The molecule has 0 radical (unpaired) electrons. The molecule has 3 aromatic carbocycles. The summed E-state index contributed by atoms with van der Waals surface area (Å²) in [5.74, 6) is -0.796. The number of carbonyl (C=O) groups is 3. The Morgan fingerprint density at radius 2 is 1.56 bits per heavy atom. The highest BCUT2D eigenvalue weighted by molar-refractivity contribution is 6.39. The Morgan fingerprint density at radius 3 is 2.22 bits per heavy atom. The van der Waals surface area contributed by atoms with E-state index in [0.29, 0.717) is 28.6 Å². The van der Waals surface area contributed by atoms with E-state index in [-0.39, 0.29) is 5.57 Å². The first-order valence-corrected chi connectivity index (χ1v) is 10.2. The van der Waals surface area contributed by atoms with Crippen LogP contribution in [-0.2, 0) is 16.2 Å². The van der Waals surface area contributed by atoms with Crippen LogP contribution in [0.1, 0.15) is 16.7 Å². The van der Waals surface area contributed by atoms with Crippen molar-refractivity contribution in [3.63, 3.8) is 0 Å². The monoisotopic (exact) mass is 446 g/mol. The summed E-state index contributed by atoms with van der Waals surface area (Å²) in [6, 6.07) is 20.4. The fraction of sp³-hybridized carbons (Fsp3) is 0.0800. The average Bonchev–Trinajstić information content (AvgIpc) is 2.78. The van der Waals surface area contributed by atoms with Crippen molar-refractivity contribution in [3.8, 4) is 5.75 Å². The standard InChI is InChI=1S/C25H19ClN2O4/c1-16-2-4-18(5-3-16)15-32-21-12-6-17(7-13-21)14-22-23(29)27-25(31)28(24(22)30)20-10-8-19(26)9-11-20/h2-14H,15H2,1H3,(H,27,29,31)/b22-14-. The van der Waals surface area contributed by atoms with E-state index in [1.54, 1.807) is 36.4 Å². The number of amides is 4. The maximum atomic E-state index is 12.9. The minimum absolute atomic E-state index is 0.145. The Morgan fingerprint density at radius 1 is 0.906 bits per heavy atom. The van der Waals surface area contributed by atoms with Crippen LogP contribution in [0.3, 0.4) is 0 Å². The number of aryl methyl sites for hydroxylation is 1. The van der Waals surface area contributed by atoms with Crippen molar-refractivity contribution in [2.75, 3.05) is 4.90 Å². The molecule has 6 nitrogen and oxygen atoms in total. The summed E-state index contributed by atoms with van der Waals surface area (Å²) < 4.78 is 5.79. The molecular weight excluding hydrogens is 428 g/mol. The van der Waals surface area contributed by atoms with Gasteiger partial charge < -0.3 is 4.74 Å². The highest BCUT2D eigenvalue weighted by Crippen LogP contribution is 2.24. The van der Waals surface area contributed by atoms with Crippen molar-refractivity contribution in [2.24, 2.45) is 0 Å². The van der Waals surface area contributed by atoms with Crippen LogP contribution in [0.5, 0.6) is 5.75 Å². The first kappa shape index (κ1) is 21.3. The zero-order valence-electron chi connectivity index (χ0n) is 17.2. The molecule has 7 heteroatoms. The number of nitrogens with one attached hydrogen (secondary N) is 1. The number of hydrogen-bond acceptors (Lipinski definition) is 4. The minimum atomic E-state index is -0.806. The number of carbonyl (C=O) groups excluding carboxylic acids is 3. The van der Waals surface area contributed by atoms with Crippen LogP contribution >= 0.6 is 11.6 Å². The van der Waals surface area contributed by atoms with E-state index in [9.17, 15) is 14.4 Å². The molecule has 4 rings (SSSR count). The lowest BCUT2D eigenvalue weighted by molar-refractivity contribution is -0.122. The van der Waals surface area contributed by atoms with E-state index in [1.807, 2.05) is 31.2 Å². The van der Waals surface area contributed by atoms with Gasteiger partial charge in [0.15, 0.2) is 0 Å². The molecule has 1 saturated heterocycles. The number of benzene rings is 3. The molecule has 160 valence electrons. The number of imide groups is 2. The van der Waals surface area contributed by atoms with Crippen LogP contribution in [0.25, 0.3) is 6.08 Å². The minimum Gasteiger partial charge on any atom is -0.489 e. The SMILES string of the molecule is Cc1ccc(COc2ccc(/C=C3/C(=O)NC(=O)N(c4ccc(Cl)cc4)C3=O)cc2)cc1. The molecule has 0 aliphatic carbocycles. The maximum Gasteiger partial charge on any atom is 0.335 e. The van der Waals surface area contributed by atoms with Gasteiger partial charge >= 0.3 is 6.03 Å². The molecule has 1 aliphatic heterocycles. The first-order chi connectivity index (χ1) is 15.4. The van der Waals surface area contributed by atoms with Crippen molar-refractivity contribution < 1.29 is 19.1 Å². The molecule has 0 bridgehead atoms. The summed E-state index contributed by atoms with van der Waals surface area (Å²) in [4.78, 5) is 38.4. The van der Waals surface area contributed by atoms with Gasteiger partial charge in [0.05, 0.1) is 5.69 Å². The lowest BCUT2D eigenvalue weighted by Crippen LogP contribution is -2.54. The Labute approximate surface area is 190 Å². The van der Waals surface area contributed by atoms with Crippen LogP contribution in [-0.4, -0.2) is 17.8 Å². The number of barbiturate groups is 1. The summed E-state index contributed by atoms with van der Waals surface area (Å²) in [6.45, 7) is 2.46. The van der Waals surface area contributed by atoms with Gasteiger partial charge in [0, 0.05) is 5.02 Å². The number of ether oxygens (including phenoxy) is 1. The van der Waals surface area contributed by atoms with Gasteiger partial charge in [0.2, 0.25) is 0 Å². The fourth-order valence-electron chi connectivity index (χ4n) is 3.16. The molecule has 1 aliphatic rings. The highest BCUT2D eigenvalue weighted by Gasteiger charge is 2.36. The predicted molar refractivity (Wildman–Crippen MR) is 122 cm³/mol. The Hall–Kier alpha value is -3.90. The van der Waals surface area contributed by atoms with Crippen LogP contribution in [0, 0.1) is 6.92 Å². The highest BCUT2D eigenvalue weighted by atomic mass is 35.5. The van der Waals surface area contributed by atoms with Crippen LogP contribution in [0.15, 0.2) is 78.4 Å². The molecule has 0 atom stereocenters. The van der Waals surface area contributed by atoms with Crippen LogP contribution < -0.4 is 15.0 Å². The van der Waals surface area contributed by atoms with Crippen molar-refractivity contribution in [1.82, 2.24) is 5.32 Å². The molecule has 1 fully saturated rings. The molecule has 1 heterocycles. The summed E-state index contributed by atoms with van der Waals surface area (Å²) >= 11 is 5.88. The van der Waals surface area contributed by atoms with Crippen LogP contribution in [0.4, 0.5) is 10.5 Å². The van der Waals surface area contributed by atoms with Gasteiger partial charge in [-0.05, 0) is 60.5 Å². The second-order valence-corrected chi connectivity index (χ2v) is 7.71. The van der Waals surface area contributed by atoms with Gasteiger partial charge in [-0.2, -0.15) is 0 Å². The smallest absolute Gasteiger partial charge is 0.335 e. The Kier molecular flexibility index (Phi) is 6.05. The maximum absolute atomic E-state index is 12.9. The molecule has 1 N–H and O–H groups in total. The number of nitrogens with zero attached hydrogens (tertiary/aromatic N) is 1. The molecular formula is C25H19ClN2O4. The quantitative estimate of drug-likeness (QED) is 0.447. The summed E-state index contributed by atoms with van der Waals surface area (Å²) in [6.07, 6.45) is 1.44. The van der Waals surface area contributed by atoms with Gasteiger partial charge in [0.25, 0.3) is 11.8 Å². The first-order valence-electron chi connectivity index (χ1n) is 9.86.